The van der Waals surface area contributed by atoms with Gasteiger partial charge in [0.2, 0.25) is 11.8 Å². The van der Waals surface area contributed by atoms with E-state index < -0.39 is 11.3 Å². The summed E-state index contributed by atoms with van der Waals surface area (Å²) in [4.78, 5) is 55.4. The Bertz CT molecular complexity index is 1020. The SMILES string of the molecule is CC(C)CC1(CC(=O)NO)C(=O)N(CCc2ccccc2)CC1CCN1C(=O)C2=C(CCCC2)C1=O. The molecule has 1 fully saturated rings. The van der Waals surface area contributed by atoms with Crippen LogP contribution in [0.15, 0.2) is 41.5 Å². The molecule has 2 unspecified atom stereocenters. The second-order valence-electron chi connectivity index (χ2n) is 10.9. The van der Waals surface area contributed by atoms with Crippen molar-refractivity contribution in [3.05, 3.63) is 47.0 Å². The van der Waals surface area contributed by atoms with Gasteiger partial charge in [-0.2, -0.15) is 0 Å². The van der Waals surface area contributed by atoms with Crippen LogP contribution in [-0.4, -0.2) is 58.3 Å². The van der Waals surface area contributed by atoms with E-state index in [1.807, 2.05) is 49.1 Å². The third-order valence-corrected chi connectivity index (χ3v) is 8.00. The lowest BCUT2D eigenvalue weighted by atomic mass is 9.68. The van der Waals surface area contributed by atoms with Gasteiger partial charge in [0.25, 0.3) is 11.8 Å². The van der Waals surface area contributed by atoms with E-state index in [1.54, 1.807) is 5.48 Å². The first-order valence-corrected chi connectivity index (χ1v) is 13.1. The molecule has 4 amide bonds. The molecular weight excluding hydrogens is 458 g/mol. The Morgan fingerprint density at radius 3 is 2.28 bits per heavy atom. The van der Waals surface area contributed by atoms with Gasteiger partial charge in [-0.15, -0.1) is 0 Å². The minimum atomic E-state index is -0.990. The number of hydrogen-bond acceptors (Lipinski definition) is 5. The van der Waals surface area contributed by atoms with E-state index in [-0.39, 0.29) is 42.5 Å². The zero-order valence-corrected chi connectivity index (χ0v) is 21.3. The zero-order chi connectivity index (χ0) is 25.9. The summed E-state index contributed by atoms with van der Waals surface area (Å²) in [5, 5.41) is 9.30. The van der Waals surface area contributed by atoms with Crippen molar-refractivity contribution in [2.24, 2.45) is 17.3 Å². The van der Waals surface area contributed by atoms with Crippen LogP contribution in [0, 0.1) is 17.3 Å². The number of carbonyl (C=O) groups is 4. The molecule has 2 aliphatic heterocycles. The normalized spacial score (nSPS) is 24.2. The highest BCUT2D eigenvalue weighted by Crippen LogP contribution is 2.47. The fraction of sp³-hybridized carbons (Fsp3) is 0.571. The molecule has 3 aliphatic rings. The summed E-state index contributed by atoms with van der Waals surface area (Å²) in [7, 11) is 0. The molecular formula is C28H37N3O5. The number of likely N-dealkylation sites (tertiary alicyclic amines) is 1. The minimum absolute atomic E-state index is 0.0859. The van der Waals surface area contributed by atoms with E-state index >= 15 is 0 Å². The number of benzene rings is 1. The monoisotopic (exact) mass is 495 g/mol. The summed E-state index contributed by atoms with van der Waals surface area (Å²) in [6.07, 6.45) is 4.66. The highest BCUT2D eigenvalue weighted by molar-refractivity contribution is 6.19. The average Bonchev–Trinajstić information content (AvgIpc) is 3.26. The fourth-order valence-corrected chi connectivity index (χ4v) is 6.37. The van der Waals surface area contributed by atoms with Crippen LogP contribution < -0.4 is 5.48 Å². The van der Waals surface area contributed by atoms with Gasteiger partial charge in [-0.1, -0.05) is 44.2 Å². The second kappa shape index (κ2) is 10.9. The molecule has 4 rings (SSSR count). The molecule has 0 aromatic heterocycles. The maximum Gasteiger partial charge on any atom is 0.257 e. The molecule has 2 atom stereocenters. The second-order valence-corrected chi connectivity index (χ2v) is 10.9. The van der Waals surface area contributed by atoms with Gasteiger partial charge in [0.05, 0.1) is 5.41 Å². The number of amides is 4. The Morgan fingerprint density at radius 1 is 1.06 bits per heavy atom. The molecule has 0 spiro atoms. The summed E-state index contributed by atoms with van der Waals surface area (Å²) in [5.41, 5.74) is 3.17. The van der Waals surface area contributed by atoms with Gasteiger partial charge >= 0.3 is 0 Å². The maximum absolute atomic E-state index is 13.9. The largest absolute Gasteiger partial charge is 0.342 e. The van der Waals surface area contributed by atoms with E-state index in [1.165, 1.54) is 4.90 Å². The highest BCUT2D eigenvalue weighted by Gasteiger charge is 2.54. The molecule has 0 saturated carbocycles. The molecule has 8 nitrogen and oxygen atoms in total. The summed E-state index contributed by atoms with van der Waals surface area (Å²) < 4.78 is 0. The quantitative estimate of drug-likeness (QED) is 0.294. The lowest BCUT2D eigenvalue weighted by molar-refractivity contribution is -0.144. The van der Waals surface area contributed by atoms with Crippen LogP contribution in [0.1, 0.15) is 64.4 Å². The van der Waals surface area contributed by atoms with Gasteiger partial charge in [-0.3, -0.25) is 29.3 Å². The van der Waals surface area contributed by atoms with E-state index in [2.05, 4.69) is 0 Å². The summed E-state index contributed by atoms with van der Waals surface area (Å²) >= 11 is 0. The van der Waals surface area contributed by atoms with Gasteiger partial charge in [0.1, 0.15) is 0 Å². The van der Waals surface area contributed by atoms with Crippen LogP contribution in [0.5, 0.6) is 0 Å². The van der Waals surface area contributed by atoms with Crippen LogP contribution >= 0.6 is 0 Å². The zero-order valence-electron chi connectivity index (χ0n) is 21.3. The molecule has 8 heteroatoms. The number of hydroxylamine groups is 1. The first-order chi connectivity index (χ1) is 17.3. The highest BCUT2D eigenvalue weighted by atomic mass is 16.5. The molecule has 2 heterocycles. The van der Waals surface area contributed by atoms with Crippen LogP contribution in [-0.2, 0) is 25.6 Å². The number of nitrogens with zero attached hydrogens (tertiary/aromatic N) is 2. The Labute approximate surface area is 212 Å². The van der Waals surface area contributed by atoms with E-state index in [9.17, 15) is 24.4 Å². The average molecular weight is 496 g/mol. The van der Waals surface area contributed by atoms with E-state index in [0.29, 0.717) is 56.3 Å². The molecule has 36 heavy (non-hydrogen) atoms. The summed E-state index contributed by atoms with van der Waals surface area (Å²) in [6.45, 7) is 5.25. The van der Waals surface area contributed by atoms with Crippen molar-refractivity contribution >= 4 is 23.6 Å². The molecule has 194 valence electrons. The van der Waals surface area contributed by atoms with Crippen molar-refractivity contribution in [2.45, 2.75) is 65.2 Å². The van der Waals surface area contributed by atoms with Crippen molar-refractivity contribution in [1.82, 2.24) is 15.3 Å². The number of carbonyl (C=O) groups excluding carboxylic acids is 4. The van der Waals surface area contributed by atoms with Crippen molar-refractivity contribution in [3.8, 4) is 0 Å². The predicted molar refractivity (Wildman–Crippen MR) is 133 cm³/mol. The minimum Gasteiger partial charge on any atom is -0.342 e. The fourth-order valence-electron chi connectivity index (χ4n) is 6.37. The van der Waals surface area contributed by atoms with E-state index in [4.69, 9.17) is 0 Å². The van der Waals surface area contributed by atoms with Crippen LogP contribution in [0.2, 0.25) is 0 Å². The Hall–Kier alpha value is -3.00. The Morgan fingerprint density at radius 2 is 1.69 bits per heavy atom. The number of nitrogens with one attached hydrogen (secondary N) is 1. The van der Waals surface area contributed by atoms with Crippen molar-refractivity contribution < 1.29 is 24.4 Å². The lowest BCUT2D eigenvalue weighted by Crippen LogP contribution is -2.43. The van der Waals surface area contributed by atoms with Crippen molar-refractivity contribution in [3.63, 3.8) is 0 Å². The first kappa shape index (κ1) is 26.1. The summed E-state index contributed by atoms with van der Waals surface area (Å²) in [6, 6.07) is 9.94. The maximum atomic E-state index is 13.9. The topological polar surface area (TPSA) is 107 Å². The third kappa shape index (κ3) is 5.09. The third-order valence-electron chi connectivity index (χ3n) is 8.00. The van der Waals surface area contributed by atoms with Gasteiger partial charge in [0, 0.05) is 37.2 Å². The van der Waals surface area contributed by atoms with Crippen molar-refractivity contribution in [2.75, 3.05) is 19.6 Å². The van der Waals surface area contributed by atoms with Crippen LogP contribution in [0.25, 0.3) is 0 Å². The molecule has 1 aliphatic carbocycles. The van der Waals surface area contributed by atoms with Crippen LogP contribution in [0.3, 0.4) is 0 Å². The lowest BCUT2D eigenvalue weighted by Gasteiger charge is -2.34. The van der Waals surface area contributed by atoms with Gasteiger partial charge in [-0.05, 0) is 62.3 Å². The molecule has 1 aromatic rings. The van der Waals surface area contributed by atoms with Gasteiger partial charge in [-0.25, -0.2) is 5.48 Å². The molecule has 1 saturated heterocycles. The smallest absolute Gasteiger partial charge is 0.257 e. The predicted octanol–water partition coefficient (Wildman–Crippen LogP) is 3.25. The molecule has 0 radical (unpaired) electrons. The number of rotatable bonds is 10. The first-order valence-electron chi connectivity index (χ1n) is 13.1. The van der Waals surface area contributed by atoms with Gasteiger partial charge < -0.3 is 4.90 Å². The Kier molecular flexibility index (Phi) is 7.93. The molecule has 0 bridgehead atoms. The molecule has 2 N–H and O–H groups in total. The number of imide groups is 1. The van der Waals surface area contributed by atoms with Gasteiger partial charge in [0.15, 0.2) is 0 Å². The Balaban J connectivity index is 1.55. The van der Waals surface area contributed by atoms with E-state index in [0.717, 1.165) is 18.4 Å². The number of hydrogen-bond donors (Lipinski definition) is 2. The van der Waals surface area contributed by atoms with Crippen molar-refractivity contribution in [1.29, 1.82) is 0 Å². The summed E-state index contributed by atoms with van der Waals surface area (Å²) in [5.74, 6) is -1.15. The molecule has 1 aromatic carbocycles. The van der Waals surface area contributed by atoms with Crippen LogP contribution in [0.4, 0.5) is 0 Å². The standard InChI is InChI=1S/C28H37N3O5/c1-19(2)16-28(17-24(32)29-36)21(18-30(27(28)35)14-12-20-8-4-3-5-9-20)13-15-31-25(33)22-10-6-7-11-23(22)26(31)34/h3-5,8-9,19,21,36H,6-7,10-18H2,1-2H3,(H,29,32).